The van der Waals surface area contributed by atoms with Crippen LogP contribution in [0.4, 0.5) is 8.78 Å². The molecule has 0 aliphatic carbocycles. The summed E-state index contributed by atoms with van der Waals surface area (Å²) in [5.41, 5.74) is 5.56. The van der Waals surface area contributed by atoms with Crippen LogP contribution in [0.2, 0.25) is 0 Å². The first-order valence-electron chi connectivity index (χ1n) is 6.41. The number of halogens is 2. The molecule has 0 bridgehead atoms. The van der Waals surface area contributed by atoms with Crippen molar-refractivity contribution in [2.24, 2.45) is 5.73 Å². The second-order valence-corrected chi connectivity index (χ2v) is 4.92. The zero-order valence-electron chi connectivity index (χ0n) is 11.8. The number of alkyl halides is 2. The van der Waals surface area contributed by atoms with Crippen LogP contribution in [0.15, 0.2) is 24.3 Å². The van der Waals surface area contributed by atoms with Gasteiger partial charge in [0.15, 0.2) is 0 Å². The maximum atomic E-state index is 12.2. The van der Waals surface area contributed by atoms with E-state index in [1.165, 1.54) is 12.1 Å². The van der Waals surface area contributed by atoms with E-state index in [2.05, 4.69) is 10.1 Å². The average molecular weight is 286 g/mol. The molecule has 0 fully saturated rings. The Bertz CT molecular complexity index is 464. The lowest BCUT2D eigenvalue weighted by molar-refractivity contribution is -0.126. The molecular formula is C14H20F2N2O2. The highest BCUT2D eigenvalue weighted by Crippen LogP contribution is 2.21. The summed E-state index contributed by atoms with van der Waals surface area (Å²) >= 11 is 0. The van der Waals surface area contributed by atoms with Crippen molar-refractivity contribution >= 4 is 5.91 Å². The number of hydrogen-bond acceptors (Lipinski definition) is 3. The number of carbonyl (C=O) groups excluding carboxylic acids is 1. The molecule has 20 heavy (non-hydrogen) atoms. The molecule has 0 aliphatic rings. The third kappa shape index (κ3) is 4.45. The molecule has 1 rings (SSSR count). The molecular weight excluding hydrogens is 266 g/mol. The number of nitrogens with one attached hydrogen (secondary N) is 1. The largest absolute Gasteiger partial charge is 0.435 e. The maximum Gasteiger partial charge on any atom is 0.387 e. The van der Waals surface area contributed by atoms with Crippen molar-refractivity contribution in [3.8, 4) is 5.75 Å². The second-order valence-electron chi connectivity index (χ2n) is 4.92. The first-order valence-corrected chi connectivity index (χ1v) is 6.41. The average Bonchev–Trinajstić information content (AvgIpc) is 2.38. The van der Waals surface area contributed by atoms with Crippen LogP contribution in [0, 0.1) is 0 Å². The lowest BCUT2D eigenvalue weighted by atomic mass is 9.98. The van der Waals surface area contributed by atoms with Gasteiger partial charge < -0.3 is 15.8 Å². The monoisotopic (exact) mass is 286 g/mol. The van der Waals surface area contributed by atoms with Crippen molar-refractivity contribution in [3.63, 3.8) is 0 Å². The topological polar surface area (TPSA) is 64.4 Å². The Hall–Kier alpha value is -1.69. The summed E-state index contributed by atoms with van der Waals surface area (Å²) in [6.45, 7) is 2.35. The van der Waals surface area contributed by atoms with Gasteiger partial charge in [-0.05, 0) is 38.0 Å². The fourth-order valence-electron chi connectivity index (χ4n) is 1.57. The van der Waals surface area contributed by atoms with Crippen molar-refractivity contribution in [1.82, 2.24) is 5.32 Å². The molecule has 1 aromatic carbocycles. The molecule has 0 saturated heterocycles. The van der Waals surface area contributed by atoms with E-state index in [-0.39, 0.29) is 17.7 Å². The summed E-state index contributed by atoms with van der Waals surface area (Å²) in [7, 11) is 0. The van der Waals surface area contributed by atoms with Crippen LogP contribution < -0.4 is 15.8 Å². The van der Waals surface area contributed by atoms with Crippen LogP contribution in [0.1, 0.15) is 38.8 Å². The van der Waals surface area contributed by atoms with E-state index < -0.39 is 12.2 Å². The van der Waals surface area contributed by atoms with Crippen LogP contribution in [-0.4, -0.2) is 18.1 Å². The Morgan fingerprint density at radius 2 is 2.15 bits per heavy atom. The van der Waals surface area contributed by atoms with Crippen molar-refractivity contribution < 1.29 is 18.3 Å². The Labute approximate surface area is 117 Å². The fourth-order valence-corrected chi connectivity index (χ4v) is 1.57. The number of benzene rings is 1. The zero-order valence-corrected chi connectivity index (χ0v) is 11.8. The highest BCUT2D eigenvalue weighted by molar-refractivity contribution is 5.85. The van der Waals surface area contributed by atoms with Gasteiger partial charge in [-0.15, -0.1) is 0 Å². The number of rotatable bonds is 6. The number of ether oxygens (including phenoxy) is 1. The molecule has 6 heteroatoms. The van der Waals surface area contributed by atoms with Crippen molar-refractivity contribution in [2.45, 2.75) is 45.4 Å². The van der Waals surface area contributed by atoms with Gasteiger partial charge in [0.05, 0.1) is 11.6 Å². The van der Waals surface area contributed by atoms with Gasteiger partial charge in [0.25, 0.3) is 0 Å². The molecule has 1 aromatic rings. The summed E-state index contributed by atoms with van der Waals surface area (Å²) in [4.78, 5) is 12.0. The first kappa shape index (κ1) is 16.4. The molecule has 2 unspecified atom stereocenters. The predicted molar refractivity (Wildman–Crippen MR) is 72.5 cm³/mol. The van der Waals surface area contributed by atoms with Gasteiger partial charge in [0.2, 0.25) is 5.91 Å². The minimum absolute atomic E-state index is 0.0598. The lowest BCUT2D eigenvalue weighted by Crippen LogP contribution is -2.51. The van der Waals surface area contributed by atoms with E-state index in [0.29, 0.717) is 12.0 Å². The summed E-state index contributed by atoms with van der Waals surface area (Å²) in [5.74, 6) is -0.225. The minimum atomic E-state index is -2.87. The second kappa shape index (κ2) is 6.65. The smallest absolute Gasteiger partial charge is 0.387 e. The highest BCUT2D eigenvalue weighted by Gasteiger charge is 2.27. The summed E-state index contributed by atoms with van der Waals surface area (Å²) in [6, 6.07) is 5.87. The van der Waals surface area contributed by atoms with Crippen LogP contribution in [0.25, 0.3) is 0 Å². The molecule has 0 saturated carbocycles. The van der Waals surface area contributed by atoms with E-state index in [0.717, 1.165) is 0 Å². The first-order chi connectivity index (χ1) is 9.26. The molecule has 0 heterocycles. The highest BCUT2D eigenvalue weighted by atomic mass is 19.3. The maximum absolute atomic E-state index is 12.2. The minimum Gasteiger partial charge on any atom is -0.435 e. The van der Waals surface area contributed by atoms with Gasteiger partial charge in [-0.1, -0.05) is 19.1 Å². The van der Waals surface area contributed by atoms with E-state index in [1.54, 1.807) is 26.0 Å². The predicted octanol–water partition coefficient (Wildman–Crippen LogP) is 2.59. The van der Waals surface area contributed by atoms with Crippen LogP contribution in [-0.2, 0) is 4.79 Å². The quantitative estimate of drug-likeness (QED) is 0.845. The fraction of sp³-hybridized carbons (Fsp3) is 0.500. The molecule has 2 atom stereocenters. The Balaban J connectivity index is 2.77. The summed E-state index contributed by atoms with van der Waals surface area (Å²) < 4.78 is 28.6. The third-order valence-electron chi connectivity index (χ3n) is 3.18. The molecule has 3 N–H and O–H groups in total. The number of hydrogen-bond donors (Lipinski definition) is 2. The van der Waals surface area contributed by atoms with Crippen LogP contribution in [0.5, 0.6) is 5.75 Å². The summed E-state index contributed by atoms with van der Waals surface area (Å²) in [6.07, 6.45) is 0.500. The Morgan fingerprint density at radius 3 is 2.70 bits per heavy atom. The van der Waals surface area contributed by atoms with Crippen molar-refractivity contribution in [3.05, 3.63) is 29.8 Å². The van der Waals surface area contributed by atoms with Gasteiger partial charge in [0.1, 0.15) is 5.75 Å². The van der Waals surface area contributed by atoms with Gasteiger partial charge >= 0.3 is 6.61 Å². The Kier molecular flexibility index (Phi) is 5.44. The van der Waals surface area contributed by atoms with Gasteiger partial charge in [-0.25, -0.2) is 0 Å². The number of amides is 1. The number of carbonyl (C=O) groups is 1. The van der Waals surface area contributed by atoms with Crippen LogP contribution >= 0.6 is 0 Å². The van der Waals surface area contributed by atoms with Gasteiger partial charge in [-0.2, -0.15) is 8.78 Å². The standard InChI is InChI=1S/C14H20F2N2O2/c1-4-14(3,17)12(19)18-9(2)10-6-5-7-11(8-10)20-13(15)16/h5-9,13H,4,17H2,1-3H3,(H,18,19). The van der Waals surface area contributed by atoms with Gasteiger partial charge in [0, 0.05) is 0 Å². The third-order valence-corrected chi connectivity index (χ3v) is 3.18. The van der Waals surface area contributed by atoms with E-state index in [9.17, 15) is 13.6 Å². The van der Waals surface area contributed by atoms with Crippen molar-refractivity contribution in [1.29, 1.82) is 0 Å². The van der Waals surface area contributed by atoms with E-state index in [1.807, 2.05) is 6.92 Å². The van der Waals surface area contributed by atoms with E-state index in [4.69, 9.17) is 5.73 Å². The van der Waals surface area contributed by atoms with Gasteiger partial charge in [-0.3, -0.25) is 4.79 Å². The summed E-state index contributed by atoms with van der Waals surface area (Å²) in [5, 5.41) is 2.76. The molecule has 1 amide bonds. The zero-order chi connectivity index (χ0) is 15.3. The van der Waals surface area contributed by atoms with Crippen molar-refractivity contribution in [2.75, 3.05) is 0 Å². The molecule has 0 spiro atoms. The molecule has 0 aromatic heterocycles. The SMILES string of the molecule is CCC(C)(N)C(=O)NC(C)c1cccc(OC(F)F)c1. The lowest BCUT2D eigenvalue weighted by Gasteiger charge is -2.24. The molecule has 0 aliphatic heterocycles. The van der Waals surface area contributed by atoms with Crippen LogP contribution in [0.3, 0.4) is 0 Å². The molecule has 4 nitrogen and oxygen atoms in total. The Morgan fingerprint density at radius 1 is 1.50 bits per heavy atom. The van der Waals surface area contributed by atoms with E-state index >= 15 is 0 Å². The molecule has 112 valence electrons. The normalized spacial score (nSPS) is 15.6. The molecule has 0 radical (unpaired) electrons. The number of nitrogens with two attached hydrogens (primary N) is 1.